The Kier molecular flexibility index (Phi) is 10.0. The Morgan fingerprint density at radius 2 is 1.53 bits per heavy atom. The molecule has 1 nitrogen and oxygen atoms in total. The molecular weight excluding hydrogens is 182 g/mol. The van der Waals surface area contributed by atoms with E-state index in [0.717, 1.165) is 6.54 Å². The van der Waals surface area contributed by atoms with Crippen LogP contribution < -0.4 is 0 Å². The summed E-state index contributed by atoms with van der Waals surface area (Å²) in [4.78, 5) is 2.37. The Balaban J connectivity index is 3.13. The molecule has 0 aliphatic heterocycles. The molecule has 90 valence electrons. The van der Waals surface area contributed by atoms with Crippen LogP contribution >= 0.6 is 0 Å². The zero-order valence-electron chi connectivity index (χ0n) is 11.0. The predicted octanol–water partition coefficient (Wildman–Crippen LogP) is 4.24. The quantitative estimate of drug-likeness (QED) is 0.386. The average molecular weight is 211 g/mol. The van der Waals surface area contributed by atoms with Crippen LogP contribution in [0.25, 0.3) is 0 Å². The minimum absolute atomic E-state index is 1.05. The van der Waals surface area contributed by atoms with Crippen molar-refractivity contribution in [1.29, 1.82) is 0 Å². The van der Waals surface area contributed by atoms with Gasteiger partial charge in [0.2, 0.25) is 0 Å². The third-order valence-corrected chi connectivity index (χ3v) is 2.68. The van der Waals surface area contributed by atoms with Crippen LogP contribution in [0.15, 0.2) is 12.2 Å². The summed E-state index contributed by atoms with van der Waals surface area (Å²) < 4.78 is 0. The summed E-state index contributed by atoms with van der Waals surface area (Å²) in [6.45, 7) is 10.6. The van der Waals surface area contributed by atoms with E-state index in [2.05, 4.69) is 32.4 Å². The van der Waals surface area contributed by atoms with Gasteiger partial charge in [0.15, 0.2) is 0 Å². The predicted molar refractivity (Wildman–Crippen MR) is 70.3 cm³/mol. The first kappa shape index (κ1) is 14.7. The minimum atomic E-state index is 1.05. The van der Waals surface area contributed by atoms with E-state index in [1.54, 1.807) is 0 Å². The molecule has 0 unspecified atom stereocenters. The summed E-state index contributed by atoms with van der Waals surface area (Å²) in [5.41, 5.74) is 1.26. The van der Waals surface area contributed by atoms with Gasteiger partial charge in [-0.2, -0.15) is 0 Å². The minimum Gasteiger partial charge on any atom is -0.302 e. The lowest BCUT2D eigenvalue weighted by Gasteiger charge is -2.16. The number of hydrogen-bond donors (Lipinski definition) is 0. The van der Waals surface area contributed by atoms with Gasteiger partial charge >= 0.3 is 0 Å². The maximum atomic E-state index is 3.93. The summed E-state index contributed by atoms with van der Waals surface area (Å²) >= 11 is 0. The highest BCUT2D eigenvalue weighted by Gasteiger charge is 1.97. The molecule has 0 amide bonds. The van der Waals surface area contributed by atoms with Crippen molar-refractivity contribution in [3.05, 3.63) is 12.2 Å². The number of unbranched alkanes of at least 4 members (excludes halogenated alkanes) is 6. The Labute approximate surface area is 96.6 Å². The molecule has 0 aliphatic carbocycles. The fraction of sp³-hybridized carbons (Fsp3) is 0.857. The zero-order valence-corrected chi connectivity index (χ0v) is 11.0. The van der Waals surface area contributed by atoms with Crippen molar-refractivity contribution < 1.29 is 0 Å². The molecule has 0 aliphatic rings. The number of likely N-dealkylation sites (N-methyl/N-ethyl adjacent to an activating group) is 1. The second-order valence-corrected chi connectivity index (χ2v) is 4.82. The molecule has 1 heteroatoms. The van der Waals surface area contributed by atoms with Crippen LogP contribution in [-0.2, 0) is 0 Å². The van der Waals surface area contributed by atoms with Crippen molar-refractivity contribution in [3.8, 4) is 0 Å². The van der Waals surface area contributed by atoms with Crippen LogP contribution in [0.4, 0.5) is 0 Å². The lowest BCUT2D eigenvalue weighted by Crippen LogP contribution is -2.21. The number of hydrogen-bond acceptors (Lipinski definition) is 1. The van der Waals surface area contributed by atoms with Crippen molar-refractivity contribution >= 4 is 0 Å². The Hall–Kier alpha value is -0.300. The van der Waals surface area contributed by atoms with Crippen LogP contribution in [0.1, 0.15) is 58.8 Å². The molecule has 0 bridgehead atoms. The molecule has 0 spiro atoms. The molecule has 0 atom stereocenters. The summed E-state index contributed by atoms with van der Waals surface area (Å²) in [7, 11) is 2.19. The lowest BCUT2D eigenvalue weighted by molar-refractivity contribution is 0.349. The molecule has 15 heavy (non-hydrogen) atoms. The van der Waals surface area contributed by atoms with Crippen molar-refractivity contribution in [3.63, 3.8) is 0 Å². The Morgan fingerprint density at radius 3 is 2.07 bits per heavy atom. The molecule has 0 fully saturated rings. The van der Waals surface area contributed by atoms with E-state index in [-0.39, 0.29) is 0 Å². The number of rotatable bonds is 10. The van der Waals surface area contributed by atoms with E-state index >= 15 is 0 Å². The highest BCUT2D eigenvalue weighted by Crippen LogP contribution is 2.07. The topological polar surface area (TPSA) is 3.24 Å². The third kappa shape index (κ3) is 11.6. The van der Waals surface area contributed by atoms with Crippen LogP contribution in [0, 0.1) is 0 Å². The molecule has 0 N–H and O–H groups in total. The first-order valence-electron chi connectivity index (χ1n) is 6.49. The van der Waals surface area contributed by atoms with Gasteiger partial charge in [-0.05, 0) is 26.9 Å². The van der Waals surface area contributed by atoms with E-state index in [1.165, 1.54) is 57.1 Å². The molecule has 0 saturated heterocycles. The van der Waals surface area contributed by atoms with Gasteiger partial charge in [0.25, 0.3) is 0 Å². The van der Waals surface area contributed by atoms with Crippen molar-refractivity contribution in [2.24, 2.45) is 0 Å². The fourth-order valence-electron chi connectivity index (χ4n) is 1.88. The fourth-order valence-corrected chi connectivity index (χ4v) is 1.88. The van der Waals surface area contributed by atoms with Crippen LogP contribution in [0.5, 0.6) is 0 Å². The summed E-state index contributed by atoms with van der Waals surface area (Å²) in [6.07, 6.45) is 9.77. The highest BCUT2D eigenvalue weighted by atomic mass is 15.1. The number of nitrogens with zero attached hydrogens (tertiary/aromatic N) is 1. The van der Waals surface area contributed by atoms with Crippen LogP contribution in [0.3, 0.4) is 0 Å². The normalized spacial score (nSPS) is 10.9. The second-order valence-electron chi connectivity index (χ2n) is 4.82. The van der Waals surface area contributed by atoms with Crippen LogP contribution in [0.2, 0.25) is 0 Å². The molecule has 0 aromatic heterocycles. The van der Waals surface area contributed by atoms with Gasteiger partial charge in [-0.15, -0.1) is 0 Å². The molecular formula is C14H29N. The summed E-state index contributed by atoms with van der Waals surface area (Å²) in [5, 5.41) is 0. The van der Waals surface area contributed by atoms with Gasteiger partial charge in [0.05, 0.1) is 0 Å². The molecule has 0 aromatic rings. The molecule has 0 rings (SSSR count). The van der Waals surface area contributed by atoms with Gasteiger partial charge in [0.1, 0.15) is 0 Å². The largest absolute Gasteiger partial charge is 0.302 e. The zero-order chi connectivity index (χ0) is 11.5. The van der Waals surface area contributed by atoms with Gasteiger partial charge in [0, 0.05) is 6.54 Å². The monoisotopic (exact) mass is 211 g/mol. The van der Waals surface area contributed by atoms with Crippen molar-refractivity contribution in [2.75, 3.05) is 20.1 Å². The first-order chi connectivity index (χ1) is 7.16. The maximum Gasteiger partial charge on any atom is 0.0184 e. The third-order valence-electron chi connectivity index (χ3n) is 2.68. The molecule has 0 aromatic carbocycles. The SMILES string of the molecule is C=C(C)CN(C)CCCCCCCCC. The van der Waals surface area contributed by atoms with Gasteiger partial charge in [-0.1, -0.05) is 57.6 Å². The molecule has 0 saturated carbocycles. The summed E-state index contributed by atoms with van der Waals surface area (Å²) in [6, 6.07) is 0. The van der Waals surface area contributed by atoms with E-state index in [9.17, 15) is 0 Å². The first-order valence-corrected chi connectivity index (χ1v) is 6.49. The van der Waals surface area contributed by atoms with E-state index in [4.69, 9.17) is 0 Å². The van der Waals surface area contributed by atoms with E-state index in [1.807, 2.05) is 0 Å². The van der Waals surface area contributed by atoms with Crippen LogP contribution in [-0.4, -0.2) is 25.0 Å². The molecule has 0 radical (unpaired) electrons. The van der Waals surface area contributed by atoms with Crippen molar-refractivity contribution in [2.45, 2.75) is 58.8 Å². The highest BCUT2D eigenvalue weighted by molar-refractivity contribution is 4.90. The Bertz CT molecular complexity index is 151. The van der Waals surface area contributed by atoms with Gasteiger partial charge in [-0.3, -0.25) is 0 Å². The van der Waals surface area contributed by atoms with E-state index < -0.39 is 0 Å². The average Bonchev–Trinajstić information content (AvgIpc) is 2.15. The maximum absolute atomic E-state index is 3.93. The summed E-state index contributed by atoms with van der Waals surface area (Å²) in [5.74, 6) is 0. The van der Waals surface area contributed by atoms with Crippen molar-refractivity contribution in [1.82, 2.24) is 4.90 Å². The van der Waals surface area contributed by atoms with E-state index in [0.29, 0.717) is 0 Å². The standard InChI is InChI=1S/C14H29N/c1-5-6-7-8-9-10-11-12-15(4)13-14(2)3/h2,5-13H2,1,3-4H3. The lowest BCUT2D eigenvalue weighted by atomic mass is 10.1. The second kappa shape index (κ2) is 10.2. The smallest absolute Gasteiger partial charge is 0.0184 e. The molecule has 0 heterocycles. The van der Waals surface area contributed by atoms with Gasteiger partial charge in [-0.25, -0.2) is 0 Å². The Morgan fingerprint density at radius 1 is 1.00 bits per heavy atom. The van der Waals surface area contributed by atoms with Gasteiger partial charge < -0.3 is 4.90 Å².